The molecular formula is C20H30ClN3O4. The largest absolute Gasteiger partial charge is 0.444 e. The third kappa shape index (κ3) is 9.19. The van der Waals surface area contributed by atoms with E-state index in [1.54, 1.807) is 26.8 Å². The van der Waals surface area contributed by atoms with E-state index < -0.39 is 17.7 Å². The maximum Gasteiger partial charge on any atom is 0.408 e. The molecule has 3 N–H and O–H groups in total. The molecule has 0 aliphatic rings. The van der Waals surface area contributed by atoms with Gasteiger partial charge in [0.2, 0.25) is 0 Å². The van der Waals surface area contributed by atoms with Gasteiger partial charge < -0.3 is 20.1 Å². The normalized spacial score (nSPS) is 14.0. The van der Waals surface area contributed by atoms with E-state index >= 15 is 0 Å². The molecule has 0 spiro atoms. The Bertz CT molecular complexity index is 778. The van der Waals surface area contributed by atoms with Crippen LogP contribution in [0.25, 0.3) is 0 Å². The SMILES string of the molecule is CC/C(Cl)=C\C=C(/C)C[C@H](NC(=O)OC(C)(C)C)c1nc(CCO)cc(=O)[nH]1. The van der Waals surface area contributed by atoms with Crippen molar-refractivity contribution < 1.29 is 14.6 Å². The van der Waals surface area contributed by atoms with Gasteiger partial charge in [-0.1, -0.05) is 30.2 Å². The molecule has 0 aromatic carbocycles. The molecule has 8 heteroatoms. The van der Waals surface area contributed by atoms with Crippen LogP contribution in [0.5, 0.6) is 0 Å². The quantitative estimate of drug-likeness (QED) is 0.565. The van der Waals surface area contributed by atoms with Gasteiger partial charge in [0, 0.05) is 24.1 Å². The van der Waals surface area contributed by atoms with E-state index in [0.29, 0.717) is 23.0 Å². The van der Waals surface area contributed by atoms with E-state index in [2.05, 4.69) is 15.3 Å². The van der Waals surface area contributed by atoms with Gasteiger partial charge in [-0.25, -0.2) is 9.78 Å². The van der Waals surface area contributed by atoms with E-state index in [9.17, 15) is 9.59 Å². The minimum Gasteiger partial charge on any atom is -0.444 e. The molecule has 0 saturated heterocycles. The Morgan fingerprint density at radius 2 is 2.11 bits per heavy atom. The number of halogens is 1. The van der Waals surface area contributed by atoms with Crippen LogP contribution in [0.2, 0.25) is 0 Å². The molecule has 0 radical (unpaired) electrons. The van der Waals surface area contributed by atoms with E-state index in [1.165, 1.54) is 6.07 Å². The molecule has 0 saturated carbocycles. The number of H-pyrrole nitrogens is 1. The highest BCUT2D eigenvalue weighted by Crippen LogP contribution is 2.20. The molecule has 1 amide bonds. The second-order valence-corrected chi connectivity index (χ2v) is 7.96. The minimum absolute atomic E-state index is 0.126. The van der Waals surface area contributed by atoms with E-state index in [-0.39, 0.29) is 18.6 Å². The fraction of sp³-hybridized carbons (Fsp3) is 0.550. The van der Waals surface area contributed by atoms with Gasteiger partial charge in [0.05, 0.1) is 11.7 Å². The highest BCUT2D eigenvalue weighted by molar-refractivity contribution is 6.29. The lowest BCUT2D eigenvalue weighted by Crippen LogP contribution is -2.36. The van der Waals surface area contributed by atoms with Crippen LogP contribution in [0.15, 0.2) is 33.6 Å². The minimum atomic E-state index is -0.656. The van der Waals surface area contributed by atoms with Crippen LogP contribution >= 0.6 is 11.6 Å². The Kier molecular flexibility index (Phi) is 9.41. The number of aliphatic hydroxyl groups is 1. The Morgan fingerprint density at radius 3 is 2.68 bits per heavy atom. The molecule has 1 aromatic heterocycles. The first-order valence-electron chi connectivity index (χ1n) is 9.26. The monoisotopic (exact) mass is 411 g/mol. The number of hydrogen-bond acceptors (Lipinski definition) is 5. The van der Waals surface area contributed by atoms with Crippen molar-refractivity contribution in [3.05, 3.63) is 50.7 Å². The molecule has 28 heavy (non-hydrogen) atoms. The number of allylic oxidation sites excluding steroid dienone is 3. The first-order valence-corrected chi connectivity index (χ1v) is 9.64. The molecule has 1 atom stereocenters. The Labute approximate surface area is 170 Å². The topological polar surface area (TPSA) is 104 Å². The van der Waals surface area contributed by atoms with Crippen molar-refractivity contribution in [3.63, 3.8) is 0 Å². The molecule has 0 aliphatic heterocycles. The van der Waals surface area contributed by atoms with Gasteiger partial charge in [0.1, 0.15) is 11.4 Å². The van der Waals surface area contributed by atoms with Crippen molar-refractivity contribution >= 4 is 17.7 Å². The van der Waals surface area contributed by atoms with Gasteiger partial charge in [0.25, 0.3) is 5.56 Å². The van der Waals surface area contributed by atoms with Crippen LogP contribution in [-0.4, -0.2) is 33.4 Å². The lowest BCUT2D eigenvalue weighted by Gasteiger charge is -2.23. The van der Waals surface area contributed by atoms with Gasteiger partial charge in [0.15, 0.2) is 0 Å². The zero-order valence-electron chi connectivity index (χ0n) is 17.1. The molecule has 0 bridgehead atoms. The molecule has 0 fully saturated rings. The van der Waals surface area contributed by atoms with Crippen LogP contribution in [0.3, 0.4) is 0 Å². The first kappa shape index (κ1) is 23.9. The maximum atomic E-state index is 12.3. The summed E-state index contributed by atoms with van der Waals surface area (Å²) in [5.41, 5.74) is 0.381. The van der Waals surface area contributed by atoms with Gasteiger partial charge in [-0.3, -0.25) is 4.79 Å². The summed E-state index contributed by atoms with van der Waals surface area (Å²) in [5.74, 6) is 0.306. The third-order valence-electron chi connectivity index (χ3n) is 3.61. The predicted octanol–water partition coefficient (Wildman–Crippen LogP) is 3.74. The van der Waals surface area contributed by atoms with E-state index in [0.717, 1.165) is 12.0 Å². The van der Waals surface area contributed by atoms with Crippen molar-refractivity contribution in [1.29, 1.82) is 0 Å². The van der Waals surface area contributed by atoms with Crippen molar-refractivity contribution in [2.45, 2.75) is 65.5 Å². The van der Waals surface area contributed by atoms with Crippen molar-refractivity contribution in [3.8, 4) is 0 Å². The molecule has 156 valence electrons. The average Bonchev–Trinajstić information content (AvgIpc) is 2.57. The highest BCUT2D eigenvalue weighted by atomic mass is 35.5. The smallest absolute Gasteiger partial charge is 0.408 e. The van der Waals surface area contributed by atoms with Crippen molar-refractivity contribution in [2.24, 2.45) is 0 Å². The Morgan fingerprint density at radius 1 is 1.43 bits per heavy atom. The summed E-state index contributed by atoms with van der Waals surface area (Å²) in [4.78, 5) is 31.3. The van der Waals surface area contributed by atoms with Crippen LogP contribution < -0.4 is 10.9 Å². The van der Waals surface area contributed by atoms with Crippen molar-refractivity contribution in [1.82, 2.24) is 15.3 Å². The van der Waals surface area contributed by atoms with Crippen LogP contribution in [-0.2, 0) is 11.2 Å². The molecule has 0 unspecified atom stereocenters. The molecule has 0 aliphatic carbocycles. The number of rotatable bonds is 8. The number of nitrogens with one attached hydrogen (secondary N) is 2. The van der Waals surface area contributed by atoms with E-state index in [1.807, 2.05) is 19.9 Å². The van der Waals surface area contributed by atoms with Crippen molar-refractivity contribution in [2.75, 3.05) is 6.61 Å². The summed E-state index contributed by atoms with van der Waals surface area (Å²) in [6.07, 6.45) is 4.44. The summed E-state index contributed by atoms with van der Waals surface area (Å²) in [6.45, 7) is 9.04. The maximum absolute atomic E-state index is 12.3. The highest BCUT2D eigenvalue weighted by Gasteiger charge is 2.22. The standard InChI is InChI=1S/C20H30ClN3O4/c1-6-14(21)8-7-13(2)11-16(23-19(27)28-20(3,4)5)18-22-15(9-10-25)12-17(26)24-18/h7-8,12,16,25H,6,9-11H2,1-5H3,(H,23,27)(H,22,24,26)/b13-7+,14-8+/t16-/m0/s1. The number of amides is 1. The second-order valence-electron chi connectivity index (χ2n) is 7.48. The Balaban J connectivity index is 3.17. The fourth-order valence-electron chi connectivity index (χ4n) is 2.34. The van der Waals surface area contributed by atoms with E-state index in [4.69, 9.17) is 21.4 Å². The number of carbonyl (C=O) groups excluding carboxylic acids is 1. The molecular weight excluding hydrogens is 382 g/mol. The van der Waals surface area contributed by atoms with Gasteiger partial charge in [-0.2, -0.15) is 0 Å². The van der Waals surface area contributed by atoms with Crippen LogP contribution in [0.1, 0.15) is 65.0 Å². The molecule has 1 aromatic rings. The summed E-state index contributed by atoms with van der Waals surface area (Å²) in [7, 11) is 0. The predicted molar refractivity (Wildman–Crippen MR) is 110 cm³/mol. The third-order valence-corrected chi connectivity index (χ3v) is 4.01. The number of hydrogen-bond donors (Lipinski definition) is 3. The van der Waals surface area contributed by atoms with Gasteiger partial charge in [-0.15, -0.1) is 0 Å². The van der Waals surface area contributed by atoms with Crippen LogP contribution in [0, 0.1) is 0 Å². The summed E-state index contributed by atoms with van der Waals surface area (Å²) < 4.78 is 5.33. The average molecular weight is 412 g/mol. The number of aromatic nitrogens is 2. The summed E-state index contributed by atoms with van der Waals surface area (Å²) >= 11 is 6.04. The zero-order chi connectivity index (χ0) is 21.3. The lowest BCUT2D eigenvalue weighted by atomic mass is 10.1. The lowest BCUT2D eigenvalue weighted by molar-refractivity contribution is 0.0501. The Hall–Kier alpha value is -2.12. The van der Waals surface area contributed by atoms with Gasteiger partial charge >= 0.3 is 6.09 Å². The first-order chi connectivity index (χ1) is 13.0. The number of aliphatic hydroxyl groups excluding tert-OH is 1. The number of carbonyl (C=O) groups is 1. The molecule has 7 nitrogen and oxygen atoms in total. The number of ether oxygens (including phenoxy) is 1. The summed E-state index contributed by atoms with van der Waals surface area (Å²) in [5, 5.41) is 12.6. The number of aromatic amines is 1. The number of alkyl carbamates (subject to hydrolysis) is 1. The summed E-state index contributed by atoms with van der Waals surface area (Å²) in [6, 6.07) is 0.725. The molecule has 1 heterocycles. The second kappa shape index (κ2) is 11.0. The van der Waals surface area contributed by atoms with Gasteiger partial charge in [-0.05, 0) is 46.6 Å². The fourth-order valence-corrected chi connectivity index (χ4v) is 2.41. The molecule has 1 rings (SSSR count). The zero-order valence-corrected chi connectivity index (χ0v) is 17.9. The van der Waals surface area contributed by atoms with Crippen LogP contribution in [0.4, 0.5) is 4.79 Å². The number of nitrogens with zero attached hydrogens (tertiary/aromatic N) is 1.